The van der Waals surface area contributed by atoms with Crippen LogP contribution in [-0.4, -0.2) is 49.5 Å². The van der Waals surface area contributed by atoms with E-state index in [9.17, 15) is 10.1 Å². The molecule has 31 heavy (non-hydrogen) atoms. The average molecular weight is 416 g/mol. The summed E-state index contributed by atoms with van der Waals surface area (Å²) in [5.74, 6) is 0.237. The van der Waals surface area contributed by atoms with Crippen LogP contribution in [0.3, 0.4) is 0 Å². The average Bonchev–Trinajstić information content (AvgIpc) is 3.29. The third kappa shape index (κ3) is 4.12. The number of rotatable bonds is 4. The van der Waals surface area contributed by atoms with Gasteiger partial charge in [0.05, 0.1) is 30.2 Å². The maximum atomic E-state index is 13.6. The molecule has 8 heteroatoms. The number of nitrogens with zero attached hydrogens (tertiary/aromatic N) is 6. The zero-order valence-electron chi connectivity index (χ0n) is 17.8. The lowest BCUT2D eigenvalue weighted by Crippen LogP contribution is -2.49. The molecule has 1 aromatic carbocycles. The van der Waals surface area contributed by atoms with Crippen molar-refractivity contribution >= 4 is 5.91 Å². The van der Waals surface area contributed by atoms with Crippen molar-refractivity contribution in [3.63, 3.8) is 0 Å². The predicted molar refractivity (Wildman–Crippen MR) is 114 cm³/mol. The van der Waals surface area contributed by atoms with E-state index in [1.165, 1.54) is 4.80 Å². The summed E-state index contributed by atoms with van der Waals surface area (Å²) in [7, 11) is 0. The topological polar surface area (TPSA) is 96.9 Å². The Bertz CT molecular complexity index is 1140. The Balaban J connectivity index is 1.60. The molecule has 8 nitrogen and oxygen atoms in total. The lowest BCUT2D eigenvalue weighted by molar-refractivity contribution is 0.0371. The molecule has 2 aromatic heterocycles. The molecule has 0 N–H and O–H groups in total. The first-order valence-electron chi connectivity index (χ1n) is 10.3. The molecule has 3 aromatic rings. The first-order chi connectivity index (χ1) is 15.0. The van der Waals surface area contributed by atoms with Crippen molar-refractivity contribution in [2.75, 3.05) is 6.54 Å². The number of nitriles is 1. The molecule has 1 aliphatic heterocycles. The summed E-state index contributed by atoms with van der Waals surface area (Å²) >= 11 is 0. The van der Waals surface area contributed by atoms with Crippen molar-refractivity contribution in [3.8, 4) is 17.6 Å². The van der Waals surface area contributed by atoms with Crippen LogP contribution >= 0.6 is 0 Å². The highest BCUT2D eigenvalue weighted by Gasteiger charge is 2.32. The van der Waals surface area contributed by atoms with E-state index in [1.807, 2.05) is 43.9 Å². The Morgan fingerprint density at radius 1 is 1.16 bits per heavy atom. The second-order valence-corrected chi connectivity index (χ2v) is 7.88. The van der Waals surface area contributed by atoms with Crippen LogP contribution in [0.5, 0.6) is 5.88 Å². The number of likely N-dealkylation sites (tertiary alicyclic amines) is 1. The minimum atomic E-state index is -0.238. The zero-order valence-corrected chi connectivity index (χ0v) is 17.8. The Labute approximate surface area is 181 Å². The molecular formula is C23H24N6O2. The summed E-state index contributed by atoms with van der Waals surface area (Å²) in [6, 6.07) is 9.68. The molecular weight excluding hydrogens is 392 g/mol. The molecule has 0 aliphatic carbocycles. The van der Waals surface area contributed by atoms with Crippen LogP contribution in [-0.2, 0) is 0 Å². The molecule has 0 saturated carbocycles. The molecule has 0 spiro atoms. The Hall–Kier alpha value is -3.73. The standard InChI is InChI=1S/C23H24N6O2/c1-15-4-7-21(29-26-10-11-27-29)19(12-15)23(30)28-14-18(6-5-17(28)3)31-22-20(13-24)16(2)8-9-25-22/h4,7-12,17-18H,5-6,14H2,1-3H3/t17-,18-/m1/s1. The lowest BCUT2D eigenvalue weighted by atomic mass is 9.99. The van der Waals surface area contributed by atoms with Crippen LogP contribution in [0.25, 0.3) is 5.69 Å². The summed E-state index contributed by atoms with van der Waals surface area (Å²) in [6.07, 6.45) is 6.15. The molecule has 1 aliphatic rings. The number of pyridine rings is 1. The third-order valence-electron chi connectivity index (χ3n) is 5.63. The fourth-order valence-corrected chi connectivity index (χ4v) is 3.86. The van der Waals surface area contributed by atoms with Crippen molar-refractivity contribution in [1.29, 1.82) is 5.26 Å². The van der Waals surface area contributed by atoms with Gasteiger partial charge in [-0.1, -0.05) is 11.6 Å². The minimum absolute atomic E-state index is 0.0622. The molecule has 0 unspecified atom stereocenters. The van der Waals surface area contributed by atoms with Gasteiger partial charge in [0.1, 0.15) is 17.7 Å². The maximum absolute atomic E-state index is 13.6. The lowest BCUT2D eigenvalue weighted by Gasteiger charge is -2.38. The Kier molecular flexibility index (Phi) is 5.67. The molecule has 4 rings (SSSR count). The summed E-state index contributed by atoms with van der Waals surface area (Å²) in [4.78, 5) is 21.1. The van der Waals surface area contributed by atoms with Gasteiger partial charge >= 0.3 is 0 Å². The van der Waals surface area contributed by atoms with E-state index in [1.54, 1.807) is 24.7 Å². The van der Waals surface area contributed by atoms with Gasteiger partial charge in [-0.15, -0.1) is 0 Å². The quantitative estimate of drug-likeness (QED) is 0.648. The normalized spacial score (nSPS) is 18.5. The van der Waals surface area contributed by atoms with Crippen molar-refractivity contribution in [1.82, 2.24) is 24.9 Å². The number of aromatic nitrogens is 4. The van der Waals surface area contributed by atoms with E-state index < -0.39 is 0 Å². The monoisotopic (exact) mass is 416 g/mol. The number of benzene rings is 1. The third-order valence-corrected chi connectivity index (χ3v) is 5.63. The van der Waals surface area contributed by atoms with Crippen LogP contribution in [0.15, 0.2) is 42.9 Å². The number of hydrogen-bond donors (Lipinski definition) is 0. The smallest absolute Gasteiger partial charge is 0.256 e. The van der Waals surface area contributed by atoms with E-state index >= 15 is 0 Å². The van der Waals surface area contributed by atoms with E-state index in [0.29, 0.717) is 29.2 Å². The summed E-state index contributed by atoms with van der Waals surface area (Å²) in [5, 5.41) is 17.8. The molecule has 1 fully saturated rings. The van der Waals surface area contributed by atoms with Gasteiger partial charge < -0.3 is 9.64 Å². The maximum Gasteiger partial charge on any atom is 0.256 e. The summed E-state index contributed by atoms with van der Waals surface area (Å²) in [6.45, 7) is 6.27. The van der Waals surface area contributed by atoms with Crippen molar-refractivity contribution in [3.05, 3.63) is 65.1 Å². The number of carbonyl (C=O) groups is 1. The predicted octanol–water partition coefficient (Wildman–Crippen LogP) is 3.22. The highest BCUT2D eigenvalue weighted by Crippen LogP contribution is 2.27. The fraction of sp³-hybridized carbons (Fsp3) is 0.348. The molecule has 0 radical (unpaired) electrons. The molecule has 158 valence electrons. The minimum Gasteiger partial charge on any atom is -0.472 e. The largest absolute Gasteiger partial charge is 0.472 e. The van der Waals surface area contributed by atoms with Gasteiger partial charge in [-0.05, 0) is 57.4 Å². The van der Waals surface area contributed by atoms with Gasteiger partial charge in [-0.2, -0.15) is 20.3 Å². The fourth-order valence-electron chi connectivity index (χ4n) is 3.86. The van der Waals surface area contributed by atoms with Crippen molar-refractivity contribution in [2.24, 2.45) is 0 Å². The van der Waals surface area contributed by atoms with Gasteiger partial charge in [0.25, 0.3) is 5.91 Å². The van der Waals surface area contributed by atoms with Gasteiger partial charge in [-0.25, -0.2) is 4.98 Å². The number of hydrogen-bond acceptors (Lipinski definition) is 6. The number of amides is 1. The van der Waals surface area contributed by atoms with Crippen LogP contribution < -0.4 is 4.74 Å². The Morgan fingerprint density at radius 3 is 2.68 bits per heavy atom. The van der Waals surface area contributed by atoms with Gasteiger partial charge in [0.15, 0.2) is 0 Å². The second-order valence-electron chi connectivity index (χ2n) is 7.88. The van der Waals surface area contributed by atoms with Crippen molar-refractivity contribution in [2.45, 2.75) is 45.8 Å². The SMILES string of the molecule is Cc1ccc(-n2nccn2)c(C(=O)N2C[C@H](Oc3nccc(C)c3C#N)CC[C@H]2C)c1. The van der Waals surface area contributed by atoms with Gasteiger partial charge in [0.2, 0.25) is 5.88 Å². The van der Waals surface area contributed by atoms with Crippen LogP contribution in [0.4, 0.5) is 0 Å². The highest BCUT2D eigenvalue weighted by molar-refractivity contribution is 5.98. The first kappa shape index (κ1) is 20.5. The van der Waals surface area contributed by atoms with Gasteiger partial charge in [0, 0.05) is 12.2 Å². The van der Waals surface area contributed by atoms with Crippen LogP contribution in [0, 0.1) is 25.2 Å². The summed E-state index contributed by atoms with van der Waals surface area (Å²) in [5.41, 5.74) is 3.43. The number of aryl methyl sites for hydroxylation is 2. The van der Waals surface area contributed by atoms with E-state index in [0.717, 1.165) is 24.0 Å². The first-order valence-corrected chi connectivity index (χ1v) is 10.3. The number of carbonyl (C=O) groups excluding carboxylic acids is 1. The number of ether oxygens (including phenoxy) is 1. The van der Waals surface area contributed by atoms with Crippen LogP contribution in [0.1, 0.15) is 46.8 Å². The van der Waals surface area contributed by atoms with E-state index in [-0.39, 0.29) is 18.1 Å². The molecule has 0 bridgehead atoms. The molecule has 1 amide bonds. The Morgan fingerprint density at radius 2 is 1.94 bits per heavy atom. The van der Waals surface area contributed by atoms with Gasteiger partial charge in [-0.3, -0.25) is 4.79 Å². The molecule has 2 atom stereocenters. The van der Waals surface area contributed by atoms with E-state index in [2.05, 4.69) is 21.3 Å². The second kappa shape index (κ2) is 8.56. The zero-order chi connectivity index (χ0) is 22.0. The molecule has 3 heterocycles. The highest BCUT2D eigenvalue weighted by atomic mass is 16.5. The number of piperidine rings is 1. The van der Waals surface area contributed by atoms with Crippen LogP contribution in [0.2, 0.25) is 0 Å². The van der Waals surface area contributed by atoms with E-state index in [4.69, 9.17) is 4.74 Å². The van der Waals surface area contributed by atoms with Crippen molar-refractivity contribution < 1.29 is 9.53 Å². The summed E-state index contributed by atoms with van der Waals surface area (Å²) < 4.78 is 6.09. The molecule has 1 saturated heterocycles.